The molecule has 6 nitrogen and oxygen atoms in total. The molecule has 4 rings (SSSR count). The molecule has 0 aliphatic rings. The zero-order valence-corrected chi connectivity index (χ0v) is 17.9. The zero-order valence-electron chi connectivity index (χ0n) is 17.9. The van der Waals surface area contributed by atoms with Gasteiger partial charge in [-0.2, -0.15) is 10.2 Å². The van der Waals surface area contributed by atoms with Crippen LogP contribution in [0, 0.1) is 27.7 Å². The Morgan fingerprint density at radius 1 is 0.833 bits per heavy atom. The molecule has 4 aromatic rings. The minimum atomic E-state index is 0.702. The molecule has 0 fully saturated rings. The number of anilines is 2. The number of nitrogens with two attached hydrogens (primary N) is 1. The Labute approximate surface area is 176 Å². The van der Waals surface area contributed by atoms with Crippen molar-refractivity contribution in [1.29, 1.82) is 0 Å². The third kappa shape index (κ3) is 3.68. The molecule has 0 amide bonds. The van der Waals surface area contributed by atoms with Gasteiger partial charge in [0.1, 0.15) is 0 Å². The van der Waals surface area contributed by atoms with Gasteiger partial charge in [-0.1, -0.05) is 30.3 Å². The fraction of sp³-hybridized carbons (Fsp3) is 0.250. The van der Waals surface area contributed by atoms with Gasteiger partial charge in [-0.25, -0.2) is 0 Å². The molecule has 0 bridgehead atoms. The number of nitrogens with one attached hydrogen (secondary N) is 3. The number of aromatic nitrogens is 4. The summed E-state index contributed by atoms with van der Waals surface area (Å²) in [5.41, 5.74) is 18.3. The van der Waals surface area contributed by atoms with Crippen LogP contribution in [-0.2, 0) is 13.0 Å². The Morgan fingerprint density at radius 3 is 2.17 bits per heavy atom. The minimum Gasteiger partial charge on any atom is -0.398 e. The van der Waals surface area contributed by atoms with Crippen LogP contribution in [0.25, 0.3) is 11.1 Å². The van der Waals surface area contributed by atoms with Gasteiger partial charge in [-0.15, -0.1) is 0 Å². The van der Waals surface area contributed by atoms with Crippen molar-refractivity contribution in [3.05, 3.63) is 81.9 Å². The van der Waals surface area contributed by atoms with E-state index in [-0.39, 0.29) is 0 Å². The number of hydrogen-bond donors (Lipinski definition) is 4. The van der Waals surface area contributed by atoms with Gasteiger partial charge in [0.05, 0.1) is 11.4 Å². The van der Waals surface area contributed by atoms with E-state index in [2.05, 4.69) is 56.9 Å². The monoisotopic (exact) mass is 400 g/mol. The number of nitrogen functional groups attached to an aromatic ring is 1. The maximum Gasteiger partial charge on any atom is 0.0643 e. The van der Waals surface area contributed by atoms with Crippen molar-refractivity contribution in [2.75, 3.05) is 11.1 Å². The highest BCUT2D eigenvalue weighted by molar-refractivity contribution is 5.87. The van der Waals surface area contributed by atoms with Crippen LogP contribution in [0.5, 0.6) is 0 Å². The van der Waals surface area contributed by atoms with Gasteiger partial charge in [-0.05, 0) is 45.4 Å². The maximum absolute atomic E-state index is 6.50. The Hall–Kier alpha value is -3.54. The van der Waals surface area contributed by atoms with Crippen LogP contribution in [-0.4, -0.2) is 20.4 Å². The number of H-pyrrole nitrogens is 2. The van der Waals surface area contributed by atoms with E-state index < -0.39 is 0 Å². The molecule has 2 heterocycles. The first kappa shape index (κ1) is 19.8. The standard InChI is InChI=1S/C24H28N6/c1-14-20(15(2)28-27-14)12-18-8-7-10-22(25)24(18)19-9-5-6-11-23(19)26-13-21-16(3)29-30-17(21)4/h5-11,26H,12-13,25H2,1-4H3,(H,27,28)(H,29,30). The summed E-state index contributed by atoms with van der Waals surface area (Å²) in [7, 11) is 0. The summed E-state index contributed by atoms with van der Waals surface area (Å²) >= 11 is 0. The molecular formula is C24H28N6. The molecule has 0 saturated heterocycles. The third-order valence-electron chi connectivity index (χ3n) is 5.76. The predicted molar refractivity (Wildman–Crippen MR) is 123 cm³/mol. The topological polar surface area (TPSA) is 95.4 Å². The van der Waals surface area contributed by atoms with Crippen molar-refractivity contribution in [1.82, 2.24) is 20.4 Å². The molecule has 0 atom stereocenters. The lowest BCUT2D eigenvalue weighted by Gasteiger charge is -2.18. The first-order chi connectivity index (χ1) is 14.5. The first-order valence-electron chi connectivity index (χ1n) is 10.2. The van der Waals surface area contributed by atoms with E-state index in [1.165, 1.54) is 16.7 Å². The number of benzene rings is 2. The van der Waals surface area contributed by atoms with Gasteiger partial charge in [0.2, 0.25) is 0 Å². The number of para-hydroxylation sites is 1. The van der Waals surface area contributed by atoms with E-state index in [1.54, 1.807) is 0 Å². The number of aromatic amines is 2. The van der Waals surface area contributed by atoms with Crippen LogP contribution in [0.15, 0.2) is 42.5 Å². The SMILES string of the molecule is Cc1n[nH]c(C)c1CNc1ccccc1-c1c(N)cccc1Cc1c(C)n[nH]c1C. The van der Waals surface area contributed by atoms with Gasteiger partial charge in [-0.3, -0.25) is 10.2 Å². The highest BCUT2D eigenvalue weighted by atomic mass is 15.1. The fourth-order valence-electron chi connectivity index (χ4n) is 3.99. The second-order valence-electron chi connectivity index (χ2n) is 7.78. The first-order valence-corrected chi connectivity index (χ1v) is 10.2. The highest BCUT2D eigenvalue weighted by Crippen LogP contribution is 2.37. The Bertz CT molecular complexity index is 1150. The molecule has 154 valence electrons. The van der Waals surface area contributed by atoms with Gasteiger partial charge < -0.3 is 11.1 Å². The molecule has 2 aromatic heterocycles. The maximum atomic E-state index is 6.50. The summed E-state index contributed by atoms with van der Waals surface area (Å²) in [6.45, 7) is 8.87. The van der Waals surface area contributed by atoms with Crippen LogP contribution in [0.1, 0.15) is 39.5 Å². The lowest BCUT2D eigenvalue weighted by atomic mass is 9.92. The second kappa shape index (κ2) is 8.06. The Balaban J connectivity index is 1.73. The molecule has 5 N–H and O–H groups in total. The highest BCUT2D eigenvalue weighted by Gasteiger charge is 2.16. The summed E-state index contributed by atoms with van der Waals surface area (Å²) in [5.74, 6) is 0. The average Bonchev–Trinajstić information content (AvgIpc) is 3.22. The quantitative estimate of drug-likeness (QED) is 0.349. The number of aryl methyl sites for hydroxylation is 4. The van der Waals surface area contributed by atoms with Crippen molar-refractivity contribution >= 4 is 11.4 Å². The number of rotatable bonds is 6. The minimum absolute atomic E-state index is 0.702. The van der Waals surface area contributed by atoms with Gasteiger partial charge >= 0.3 is 0 Å². The van der Waals surface area contributed by atoms with Gasteiger partial charge in [0, 0.05) is 58.0 Å². The van der Waals surface area contributed by atoms with Gasteiger partial charge in [0.15, 0.2) is 0 Å². The van der Waals surface area contributed by atoms with Crippen molar-refractivity contribution < 1.29 is 0 Å². The molecule has 6 heteroatoms. The smallest absolute Gasteiger partial charge is 0.0643 e. The third-order valence-corrected chi connectivity index (χ3v) is 5.76. The van der Waals surface area contributed by atoms with Crippen molar-refractivity contribution in [3.63, 3.8) is 0 Å². The van der Waals surface area contributed by atoms with Crippen LogP contribution < -0.4 is 11.1 Å². The normalized spacial score (nSPS) is 11.1. The van der Waals surface area contributed by atoms with Crippen molar-refractivity contribution in [2.45, 2.75) is 40.7 Å². The molecule has 0 unspecified atom stereocenters. The summed E-state index contributed by atoms with van der Waals surface area (Å²) in [4.78, 5) is 0. The molecule has 0 saturated carbocycles. The van der Waals surface area contributed by atoms with Crippen molar-refractivity contribution in [2.24, 2.45) is 0 Å². The van der Waals surface area contributed by atoms with Gasteiger partial charge in [0.25, 0.3) is 0 Å². The van der Waals surface area contributed by atoms with E-state index in [0.717, 1.165) is 51.7 Å². The summed E-state index contributed by atoms with van der Waals surface area (Å²) in [6, 6.07) is 14.5. The van der Waals surface area contributed by atoms with E-state index in [0.29, 0.717) is 6.54 Å². The summed E-state index contributed by atoms with van der Waals surface area (Å²) in [6.07, 6.45) is 0.781. The largest absolute Gasteiger partial charge is 0.398 e. The second-order valence-corrected chi connectivity index (χ2v) is 7.78. The molecule has 0 aliphatic carbocycles. The van der Waals surface area contributed by atoms with Crippen LogP contribution in [0.2, 0.25) is 0 Å². The molecule has 2 aromatic carbocycles. The molecular weight excluding hydrogens is 372 g/mol. The summed E-state index contributed by atoms with van der Waals surface area (Å²) in [5, 5.41) is 18.4. The fourth-order valence-corrected chi connectivity index (χ4v) is 3.99. The number of nitrogens with zero attached hydrogens (tertiary/aromatic N) is 2. The Morgan fingerprint density at radius 2 is 1.50 bits per heavy atom. The summed E-state index contributed by atoms with van der Waals surface area (Å²) < 4.78 is 0. The predicted octanol–water partition coefficient (Wildman–Crippen LogP) is 4.82. The molecule has 30 heavy (non-hydrogen) atoms. The molecule has 0 radical (unpaired) electrons. The van der Waals surface area contributed by atoms with E-state index in [9.17, 15) is 0 Å². The van der Waals surface area contributed by atoms with E-state index in [1.807, 2.05) is 39.0 Å². The average molecular weight is 401 g/mol. The lowest BCUT2D eigenvalue weighted by Crippen LogP contribution is -2.05. The van der Waals surface area contributed by atoms with Crippen LogP contribution in [0.4, 0.5) is 11.4 Å². The molecule has 0 spiro atoms. The molecule has 0 aliphatic heterocycles. The zero-order chi connectivity index (χ0) is 21.3. The Kier molecular flexibility index (Phi) is 5.31. The van der Waals surface area contributed by atoms with E-state index in [4.69, 9.17) is 5.73 Å². The lowest BCUT2D eigenvalue weighted by molar-refractivity contribution is 1.02. The van der Waals surface area contributed by atoms with Crippen molar-refractivity contribution in [3.8, 4) is 11.1 Å². The van der Waals surface area contributed by atoms with E-state index >= 15 is 0 Å². The number of hydrogen-bond acceptors (Lipinski definition) is 4. The van der Waals surface area contributed by atoms with Crippen LogP contribution in [0.3, 0.4) is 0 Å². The van der Waals surface area contributed by atoms with Crippen LogP contribution >= 0.6 is 0 Å².